The maximum Gasteiger partial charge on any atom is 0.204 e. The highest BCUT2D eigenvalue weighted by Crippen LogP contribution is 2.34. The summed E-state index contributed by atoms with van der Waals surface area (Å²) in [6.45, 7) is 5.02. The summed E-state index contributed by atoms with van der Waals surface area (Å²) in [6, 6.07) is 5.40. The first kappa shape index (κ1) is 17.8. The van der Waals surface area contributed by atoms with Crippen molar-refractivity contribution in [2.45, 2.75) is 50.7 Å². The number of rotatable bonds is 3. The van der Waals surface area contributed by atoms with E-state index in [2.05, 4.69) is 38.1 Å². The van der Waals surface area contributed by atoms with Gasteiger partial charge in [-0.3, -0.25) is 4.90 Å². The zero-order chi connectivity index (χ0) is 18.1. The molecule has 2 aromatic heterocycles. The van der Waals surface area contributed by atoms with Crippen molar-refractivity contribution in [3.63, 3.8) is 0 Å². The Labute approximate surface area is 161 Å². The monoisotopic (exact) mass is 418 g/mol. The number of hydrogen-bond acceptors (Lipinski definition) is 6. The summed E-state index contributed by atoms with van der Waals surface area (Å²) in [5, 5.41) is 13.5. The fraction of sp³-hybridized carbons (Fsp3) is 0.579. The van der Waals surface area contributed by atoms with Crippen LogP contribution in [0.15, 0.2) is 21.2 Å². The van der Waals surface area contributed by atoms with Gasteiger partial charge in [-0.2, -0.15) is 5.26 Å². The van der Waals surface area contributed by atoms with E-state index in [0.717, 1.165) is 48.3 Å². The van der Waals surface area contributed by atoms with Gasteiger partial charge >= 0.3 is 0 Å². The van der Waals surface area contributed by atoms with Crippen LogP contribution in [0.25, 0.3) is 11.0 Å². The highest BCUT2D eigenvalue weighted by molar-refractivity contribution is 9.10. The zero-order valence-electron chi connectivity index (χ0n) is 14.9. The van der Waals surface area contributed by atoms with Gasteiger partial charge in [-0.15, -0.1) is 0 Å². The molecule has 1 N–H and O–H groups in total. The highest BCUT2D eigenvalue weighted by atomic mass is 79.9. The van der Waals surface area contributed by atoms with E-state index in [0.29, 0.717) is 29.5 Å². The Morgan fingerprint density at radius 2 is 2.15 bits per heavy atom. The minimum Gasteiger partial charge on any atom is -0.444 e. The number of nitrogens with zero attached hydrogens (tertiary/aromatic N) is 3. The van der Waals surface area contributed by atoms with E-state index < -0.39 is 0 Å². The first-order valence-corrected chi connectivity index (χ1v) is 10.0. The summed E-state index contributed by atoms with van der Waals surface area (Å²) in [6.07, 6.45) is 6.36. The molecule has 1 saturated carbocycles. The number of nitrogens with one attached hydrogen (secondary N) is 1. The van der Waals surface area contributed by atoms with E-state index in [9.17, 15) is 0 Å². The lowest BCUT2D eigenvalue weighted by Crippen LogP contribution is -2.51. The van der Waals surface area contributed by atoms with Gasteiger partial charge < -0.3 is 14.5 Å². The number of fused-ring (bicyclic) bond motifs is 1. The number of furan rings is 1. The van der Waals surface area contributed by atoms with Crippen molar-refractivity contribution >= 4 is 32.7 Å². The van der Waals surface area contributed by atoms with Gasteiger partial charge in [-0.1, -0.05) is 0 Å². The maximum atomic E-state index is 9.00. The van der Waals surface area contributed by atoms with E-state index in [-0.39, 0.29) is 0 Å². The molecular formula is C19H23BrN4O2. The van der Waals surface area contributed by atoms with E-state index in [1.807, 2.05) is 6.07 Å². The standard InChI is InChI=1S/C19H23BrN4O2/c1-12-11-25-7-6-24(12)14-4-2-13(3-5-14)23-19-18(20)16-8-15(9-21)26-17(16)10-22-19/h8,10,12-14H,2-7,11H2,1H3,(H,22,23)/t12-,13?,14?/m0/s1. The second-order valence-electron chi connectivity index (χ2n) is 7.23. The molecule has 6 nitrogen and oxygen atoms in total. The summed E-state index contributed by atoms with van der Waals surface area (Å²) in [4.78, 5) is 7.10. The molecule has 2 aromatic rings. The maximum absolute atomic E-state index is 9.00. The molecule has 138 valence electrons. The lowest BCUT2D eigenvalue weighted by Gasteiger charge is -2.42. The van der Waals surface area contributed by atoms with E-state index in [4.69, 9.17) is 14.4 Å². The van der Waals surface area contributed by atoms with Crippen LogP contribution in [0.2, 0.25) is 0 Å². The Kier molecular flexibility index (Phi) is 5.16. The molecule has 7 heteroatoms. The van der Waals surface area contributed by atoms with Crippen molar-refractivity contribution in [3.8, 4) is 6.07 Å². The molecule has 1 aliphatic carbocycles. The van der Waals surface area contributed by atoms with Gasteiger partial charge in [0.15, 0.2) is 5.58 Å². The summed E-state index contributed by atoms with van der Waals surface area (Å²) < 4.78 is 11.9. The van der Waals surface area contributed by atoms with Crippen LogP contribution in [-0.2, 0) is 4.74 Å². The molecule has 26 heavy (non-hydrogen) atoms. The molecule has 2 fully saturated rings. The molecular weight excluding hydrogens is 396 g/mol. The molecule has 0 spiro atoms. The summed E-state index contributed by atoms with van der Waals surface area (Å²) in [5.74, 6) is 1.13. The minimum atomic E-state index is 0.305. The van der Waals surface area contributed by atoms with E-state index >= 15 is 0 Å². The van der Waals surface area contributed by atoms with Crippen molar-refractivity contribution in [1.29, 1.82) is 5.26 Å². The molecule has 1 saturated heterocycles. The first-order chi connectivity index (χ1) is 12.7. The van der Waals surface area contributed by atoms with E-state index in [1.54, 1.807) is 12.3 Å². The number of pyridine rings is 1. The molecule has 1 atom stereocenters. The van der Waals surface area contributed by atoms with Gasteiger partial charge in [0.05, 0.1) is 23.9 Å². The average molecular weight is 419 g/mol. The Balaban J connectivity index is 1.40. The second kappa shape index (κ2) is 7.55. The Morgan fingerprint density at radius 1 is 1.35 bits per heavy atom. The number of aromatic nitrogens is 1. The highest BCUT2D eigenvalue weighted by Gasteiger charge is 2.30. The molecule has 2 aliphatic rings. The van der Waals surface area contributed by atoms with Gasteiger partial charge in [0.25, 0.3) is 0 Å². The number of morpholine rings is 1. The van der Waals surface area contributed by atoms with Crippen LogP contribution >= 0.6 is 15.9 Å². The van der Waals surface area contributed by atoms with Gasteiger partial charge in [-0.25, -0.2) is 4.98 Å². The summed E-state index contributed by atoms with van der Waals surface area (Å²) >= 11 is 3.62. The number of hydrogen-bond donors (Lipinski definition) is 1. The predicted molar refractivity (Wildman–Crippen MR) is 103 cm³/mol. The second-order valence-corrected chi connectivity index (χ2v) is 8.03. The van der Waals surface area contributed by atoms with Crippen LogP contribution in [0.5, 0.6) is 0 Å². The van der Waals surface area contributed by atoms with Crippen LogP contribution in [0.3, 0.4) is 0 Å². The van der Waals surface area contributed by atoms with E-state index in [1.165, 1.54) is 12.8 Å². The molecule has 4 rings (SSSR count). The first-order valence-electron chi connectivity index (χ1n) is 9.24. The molecule has 0 unspecified atom stereocenters. The molecule has 0 amide bonds. The van der Waals surface area contributed by atoms with Gasteiger partial charge in [-0.05, 0) is 48.5 Å². The minimum absolute atomic E-state index is 0.305. The molecule has 3 heterocycles. The van der Waals surface area contributed by atoms with Crippen molar-refractivity contribution in [3.05, 3.63) is 22.5 Å². The Hall–Kier alpha value is -1.62. The largest absolute Gasteiger partial charge is 0.444 e. The quantitative estimate of drug-likeness (QED) is 0.814. The van der Waals surface area contributed by atoms with Crippen molar-refractivity contribution in [1.82, 2.24) is 9.88 Å². The summed E-state index contributed by atoms with van der Waals surface area (Å²) in [7, 11) is 0. The third-order valence-corrected chi connectivity index (χ3v) is 6.35. The van der Waals surface area contributed by atoms with Crippen LogP contribution < -0.4 is 5.32 Å². The fourth-order valence-electron chi connectivity index (χ4n) is 4.16. The summed E-state index contributed by atoms with van der Waals surface area (Å²) in [5.41, 5.74) is 0.629. The zero-order valence-corrected chi connectivity index (χ0v) is 16.5. The SMILES string of the molecule is C[C@H]1COCCN1C1CCC(Nc2ncc3oc(C#N)cc3c2Br)CC1. The van der Waals surface area contributed by atoms with Crippen LogP contribution in [0, 0.1) is 11.3 Å². The van der Waals surface area contributed by atoms with Gasteiger partial charge in [0, 0.05) is 36.1 Å². The lowest BCUT2D eigenvalue weighted by atomic mass is 9.89. The molecule has 0 bridgehead atoms. The van der Waals surface area contributed by atoms with Crippen molar-refractivity contribution in [2.24, 2.45) is 0 Å². The smallest absolute Gasteiger partial charge is 0.204 e. The number of halogens is 1. The molecule has 0 radical (unpaired) electrons. The topological polar surface area (TPSA) is 74.3 Å². The Morgan fingerprint density at radius 3 is 2.88 bits per heavy atom. The van der Waals surface area contributed by atoms with Crippen LogP contribution in [0.4, 0.5) is 5.82 Å². The third-order valence-electron chi connectivity index (χ3n) is 5.55. The van der Waals surface area contributed by atoms with Crippen molar-refractivity contribution in [2.75, 3.05) is 25.1 Å². The number of ether oxygens (including phenoxy) is 1. The normalized spacial score (nSPS) is 27.3. The van der Waals surface area contributed by atoms with Gasteiger partial charge in [0.2, 0.25) is 5.76 Å². The fourth-order valence-corrected chi connectivity index (χ4v) is 4.69. The van der Waals surface area contributed by atoms with Gasteiger partial charge in [0.1, 0.15) is 11.9 Å². The number of anilines is 1. The Bertz CT molecular complexity index is 823. The molecule has 0 aromatic carbocycles. The lowest BCUT2D eigenvalue weighted by molar-refractivity contribution is -0.0296. The average Bonchev–Trinajstić information content (AvgIpc) is 3.10. The van der Waals surface area contributed by atoms with Crippen LogP contribution in [-0.4, -0.2) is 47.8 Å². The third kappa shape index (κ3) is 3.46. The molecule has 1 aliphatic heterocycles. The van der Waals surface area contributed by atoms with Crippen LogP contribution in [0.1, 0.15) is 38.4 Å². The number of nitriles is 1. The van der Waals surface area contributed by atoms with Crippen molar-refractivity contribution < 1.29 is 9.15 Å². The predicted octanol–water partition coefficient (Wildman–Crippen LogP) is 3.91.